The van der Waals surface area contributed by atoms with Crippen molar-refractivity contribution in [3.63, 3.8) is 0 Å². The number of piperazine rings is 1. The van der Waals surface area contributed by atoms with Gasteiger partial charge >= 0.3 is 0 Å². The van der Waals surface area contributed by atoms with E-state index in [1.54, 1.807) is 10.6 Å². The van der Waals surface area contributed by atoms with Crippen molar-refractivity contribution in [1.82, 2.24) is 29.8 Å². The van der Waals surface area contributed by atoms with Crippen molar-refractivity contribution in [2.75, 3.05) is 54.9 Å². The molecular weight excluding hydrogens is 618 g/mol. The second-order valence-corrected chi connectivity index (χ2v) is 19.4. The van der Waals surface area contributed by atoms with Gasteiger partial charge in [-0.3, -0.25) is 4.90 Å². The third-order valence-corrected chi connectivity index (χ3v) is 14.8. The molecule has 244 valence electrons. The number of aromatic nitrogens is 4. The minimum absolute atomic E-state index is 0.121. The Kier molecular flexibility index (Phi) is 9.16. The van der Waals surface area contributed by atoms with Crippen LogP contribution in [0.4, 0.5) is 23.3 Å². The first-order valence-electron chi connectivity index (χ1n) is 16.3. The lowest BCUT2D eigenvalue weighted by molar-refractivity contribution is 0.0616. The van der Waals surface area contributed by atoms with Crippen molar-refractivity contribution >= 4 is 48.8 Å². The minimum atomic E-state index is -1.96. The number of anilines is 4. The molecule has 1 aliphatic carbocycles. The SMILES string of the molecule is CC(C)(C)[Si](C)(C)OC[C@H]1CN(c2cc(C#N)cc(Nc3nc(NC4CC4)n4ncc(C#N)c4n3)c2Cl)CCN1C1CCNCC1. The fourth-order valence-corrected chi connectivity index (χ4v) is 7.33. The standard InChI is InChI=1S/C32H44ClN11OSi/c1-32(2,3)46(4,5)45-20-25-19-42(12-13-43(25)24-8-10-36-11-9-24)27-15-21(16-34)14-26(28(27)33)39-30-40-29-22(17-35)18-37-44(29)31(41-30)38-23-6-7-23/h14-15,18,23-25,36H,6-13,19-20H2,1-5H3,(H2,38,39,40,41)/t25-/m1/s1. The number of rotatable bonds is 9. The molecule has 4 heterocycles. The first-order valence-corrected chi connectivity index (χ1v) is 19.5. The van der Waals surface area contributed by atoms with E-state index in [-0.39, 0.29) is 17.0 Å². The van der Waals surface area contributed by atoms with E-state index in [1.807, 2.05) is 6.07 Å². The highest BCUT2D eigenvalue weighted by atomic mass is 35.5. The number of benzene rings is 1. The van der Waals surface area contributed by atoms with Crippen LogP contribution in [0.25, 0.3) is 5.65 Å². The highest BCUT2D eigenvalue weighted by Gasteiger charge is 2.40. The zero-order valence-electron chi connectivity index (χ0n) is 27.4. The molecule has 2 saturated heterocycles. The zero-order valence-corrected chi connectivity index (χ0v) is 29.2. The van der Waals surface area contributed by atoms with Gasteiger partial charge in [0.1, 0.15) is 11.6 Å². The Morgan fingerprint density at radius 3 is 2.52 bits per heavy atom. The Hall–Kier alpha value is -3.46. The maximum atomic E-state index is 10.0. The van der Waals surface area contributed by atoms with Gasteiger partial charge in [-0.15, -0.1) is 0 Å². The summed E-state index contributed by atoms with van der Waals surface area (Å²) in [6.07, 6.45) is 5.84. The summed E-state index contributed by atoms with van der Waals surface area (Å²) in [5.41, 5.74) is 2.56. The summed E-state index contributed by atoms with van der Waals surface area (Å²) >= 11 is 7.15. The number of nitriles is 2. The number of halogens is 1. The number of nitrogens with one attached hydrogen (secondary N) is 3. The first kappa shape index (κ1) is 32.5. The Morgan fingerprint density at radius 2 is 1.85 bits per heavy atom. The molecule has 1 atom stereocenters. The number of hydrogen-bond acceptors (Lipinski definition) is 11. The Morgan fingerprint density at radius 1 is 1.09 bits per heavy atom. The molecule has 1 saturated carbocycles. The smallest absolute Gasteiger partial charge is 0.232 e. The van der Waals surface area contributed by atoms with Crippen LogP contribution in [-0.4, -0.2) is 90.3 Å². The molecule has 3 aromatic rings. The highest BCUT2D eigenvalue weighted by molar-refractivity contribution is 6.74. The topological polar surface area (TPSA) is 142 Å². The van der Waals surface area contributed by atoms with Crippen molar-refractivity contribution in [2.24, 2.45) is 0 Å². The maximum Gasteiger partial charge on any atom is 0.232 e. The molecule has 12 nitrogen and oxygen atoms in total. The molecule has 3 fully saturated rings. The quantitative estimate of drug-likeness (QED) is 0.264. The van der Waals surface area contributed by atoms with E-state index in [0.717, 1.165) is 64.1 Å². The van der Waals surface area contributed by atoms with Gasteiger partial charge in [-0.25, -0.2) is 0 Å². The maximum absolute atomic E-state index is 10.0. The van der Waals surface area contributed by atoms with Crippen LogP contribution in [-0.2, 0) is 4.43 Å². The Labute approximate surface area is 277 Å². The minimum Gasteiger partial charge on any atom is -0.415 e. The fourth-order valence-electron chi connectivity index (χ4n) is 6.01. The lowest BCUT2D eigenvalue weighted by Gasteiger charge is -2.48. The first-order chi connectivity index (χ1) is 22.0. The molecule has 14 heteroatoms. The van der Waals surface area contributed by atoms with E-state index in [2.05, 4.69) is 86.8 Å². The highest BCUT2D eigenvalue weighted by Crippen LogP contribution is 2.39. The summed E-state index contributed by atoms with van der Waals surface area (Å²) in [4.78, 5) is 14.2. The van der Waals surface area contributed by atoms with Gasteiger partial charge in [-0.2, -0.15) is 30.1 Å². The van der Waals surface area contributed by atoms with Crippen molar-refractivity contribution in [1.29, 1.82) is 10.5 Å². The van der Waals surface area contributed by atoms with Gasteiger partial charge in [0.15, 0.2) is 14.0 Å². The summed E-state index contributed by atoms with van der Waals surface area (Å²) in [5.74, 6) is 0.773. The van der Waals surface area contributed by atoms with Gasteiger partial charge in [0.2, 0.25) is 11.9 Å². The molecule has 6 rings (SSSR count). The lowest BCUT2D eigenvalue weighted by Crippen LogP contribution is -2.60. The van der Waals surface area contributed by atoms with Gasteiger partial charge in [0, 0.05) is 37.8 Å². The van der Waals surface area contributed by atoms with Crippen LogP contribution in [0.15, 0.2) is 18.3 Å². The second-order valence-electron chi connectivity index (χ2n) is 14.2. The summed E-state index contributed by atoms with van der Waals surface area (Å²) < 4.78 is 8.36. The summed E-state index contributed by atoms with van der Waals surface area (Å²) in [6.45, 7) is 16.6. The molecule has 2 aromatic heterocycles. The zero-order chi connectivity index (χ0) is 32.6. The predicted octanol–water partition coefficient (Wildman–Crippen LogP) is 5.10. The van der Waals surface area contributed by atoms with E-state index in [0.29, 0.717) is 52.1 Å². The third kappa shape index (κ3) is 6.80. The van der Waals surface area contributed by atoms with Gasteiger partial charge < -0.3 is 25.3 Å². The van der Waals surface area contributed by atoms with Gasteiger partial charge in [0.05, 0.1) is 40.8 Å². The summed E-state index contributed by atoms with van der Waals surface area (Å²) in [5, 5.41) is 34.8. The van der Waals surface area contributed by atoms with Crippen molar-refractivity contribution in [3.8, 4) is 12.1 Å². The van der Waals surface area contributed by atoms with Crippen LogP contribution in [0.2, 0.25) is 23.2 Å². The lowest BCUT2D eigenvalue weighted by atomic mass is 10.00. The van der Waals surface area contributed by atoms with Crippen LogP contribution >= 0.6 is 11.6 Å². The van der Waals surface area contributed by atoms with Gasteiger partial charge in [-0.1, -0.05) is 32.4 Å². The molecular formula is C32H44ClN11OSi. The normalized spacial score (nSPS) is 20.0. The van der Waals surface area contributed by atoms with E-state index < -0.39 is 8.32 Å². The molecule has 0 amide bonds. The van der Waals surface area contributed by atoms with Crippen LogP contribution < -0.4 is 20.9 Å². The van der Waals surface area contributed by atoms with Crippen molar-refractivity contribution < 1.29 is 4.43 Å². The van der Waals surface area contributed by atoms with E-state index in [9.17, 15) is 10.5 Å². The average Bonchev–Trinajstić information content (AvgIpc) is 3.76. The fraction of sp³-hybridized carbons (Fsp3) is 0.594. The second kappa shape index (κ2) is 13.0. The number of nitrogens with zero attached hydrogens (tertiary/aromatic N) is 8. The largest absolute Gasteiger partial charge is 0.415 e. The van der Waals surface area contributed by atoms with Crippen LogP contribution in [0.3, 0.4) is 0 Å². The molecule has 3 N–H and O–H groups in total. The molecule has 0 unspecified atom stereocenters. The number of fused-ring (bicyclic) bond motifs is 1. The molecule has 0 radical (unpaired) electrons. The molecule has 1 aromatic carbocycles. The summed E-state index contributed by atoms with van der Waals surface area (Å²) in [6, 6.07) is 9.08. The molecule has 0 spiro atoms. The molecule has 0 bridgehead atoms. The summed E-state index contributed by atoms with van der Waals surface area (Å²) in [7, 11) is -1.96. The number of hydrogen-bond donors (Lipinski definition) is 3. The monoisotopic (exact) mass is 661 g/mol. The van der Waals surface area contributed by atoms with Gasteiger partial charge in [-0.05, 0) is 69.0 Å². The average molecular weight is 662 g/mol. The van der Waals surface area contributed by atoms with E-state index >= 15 is 0 Å². The van der Waals surface area contributed by atoms with Crippen LogP contribution in [0.5, 0.6) is 0 Å². The number of piperidine rings is 1. The van der Waals surface area contributed by atoms with E-state index in [1.165, 1.54) is 6.20 Å². The molecule has 2 aliphatic heterocycles. The van der Waals surface area contributed by atoms with Crippen LogP contribution in [0.1, 0.15) is 57.6 Å². The Balaban J connectivity index is 1.30. The van der Waals surface area contributed by atoms with Crippen molar-refractivity contribution in [3.05, 3.63) is 34.5 Å². The van der Waals surface area contributed by atoms with Gasteiger partial charge in [0.25, 0.3) is 0 Å². The van der Waals surface area contributed by atoms with Crippen molar-refractivity contribution in [2.45, 2.75) is 82.7 Å². The Bertz CT molecular complexity index is 1660. The molecule has 3 aliphatic rings. The molecule has 46 heavy (non-hydrogen) atoms. The van der Waals surface area contributed by atoms with Crippen LogP contribution in [0, 0.1) is 22.7 Å². The third-order valence-electron chi connectivity index (χ3n) is 9.92. The predicted molar refractivity (Wildman–Crippen MR) is 183 cm³/mol. The van der Waals surface area contributed by atoms with E-state index in [4.69, 9.17) is 16.0 Å².